The molecule has 138 valence electrons. The number of halogens is 4. The number of aryl methyl sites for hydroxylation is 1. The molecule has 0 saturated heterocycles. The van der Waals surface area contributed by atoms with Gasteiger partial charge in [-0.3, -0.25) is 0 Å². The average Bonchev–Trinajstić information content (AvgIpc) is 2.63. The smallest absolute Gasteiger partial charge is 0.159 e. The summed E-state index contributed by atoms with van der Waals surface area (Å²) in [6.07, 6.45) is 2.32. The van der Waals surface area contributed by atoms with Gasteiger partial charge in [0.25, 0.3) is 0 Å². The monoisotopic (exact) mass is 373 g/mol. The number of hydrogen-bond acceptors (Lipinski definition) is 3. The standard InChI is InChI=1S/C18H9F4N3.C2H6/c1-9-2-15(21)17(16(22)3-9)11-7-24-18(25-8-11)10-4-13(19)12(6-23)14(20)5-10;1-2/h2-5,7-8H,1H3;1-2H3. The van der Waals surface area contributed by atoms with Crippen molar-refractivity contribution in [1.82, 2.24) is 9.97 Å². The van der Waals surface area contributed by atoms with Crippen molar-refractivity contribution in [2.24, 2.45) is 0 Å². The van der Waals surface area contributed by atoms with E-state index in [0.717, 1.165) is 24.5 Å². The molecule has 0 atom stereocenters. The Balaban J connectivity index is 0.00000126. The van der Waals surface area contributed by atoms with Crippen molar-refractivity contribution in [2.75, 3.05) is 0 Å². The summed E-state index contributed by atoms with van der Waals surface area (Å²) >= 11 is 0. The molecule has 7 heteroatoms. The molecule has 27 heavy (non-hydrogen) atoms. The van der Waals surface area contributed by atoms with E-state index in [1.54, 1.807) is 6.92 Å². The highest BCUT2D eigenvalue weighted by Gasteiger charge is 2.16. The Morgan fingerprint density at radius 1 is 0.778 bits per heavy atom. The molecule has 1 aromatic heterocycles. The van der Waals surface area contributed by atoms with Crippen LogP contribution in [-0.2, 0) is 0 Å². The maximum absolute atomic E-state index is 14.0. The number of aromatic nitrogens is 2. The van der Waals surface area contributed by atoms with Gasteiger partial charge in [-0.1, -0.05) is 13.8 Å². The zero-order valence-corrected chi connectivity index (χ0v) is 14.8. The lowest BCUT2D eigenvalue weighted by Crippen LogP contribution is -1.97. The second kappa shape index (κ2) is 8.41. The summed E-state index contributed by atoms with van der Waals surface area (Å²) in [5.74, 6) is -3.64. The molecule has 0 unspecified atom stereocenters. The highest BCUT2D eigenvalue weighted by atomic mass is 19.1. The van der Waals surface area contributed by atoms with Crippen LogP contribution in [0.25, 0.3) is 22.5 Å². The molecule has 0 aliphatic carbocycles. The van der Waals surface area contributed by atoms with Crippen molar-refractivity contribution in [3.63, 3.8) is 0 Å². The second-order valence-electron chi connectivity index (χ2n) is 5.33. The van der Waals surface area contributed by atoms with Gasteiger partial charge >= 0.3 is 0 Å². The van der Waals surface area contributed by atoms with E-state index >= 15 is 0 Å². The normalized spacial score (nSPS) is 10.0. The van der Waals surface area contributed by atoms with Gasteiger partial charge in [0.2, 0.25) is 0 Å². The van der Waals surface area contributed by atoms with Crippen LogP contribution < -0.4 is 0 Å². The fourth-order valence-corrected chi connectivity index (χ4v) is 2.39. The molecular formula is C20H15F4N3. The van der Waals surface area contributed by atoms with Crippen LogP contribution in [0.15, 0.2) is 36.7 Å². The van der Waals surface area contributed by atoms with Gasteiger partial charge in [0.15, 0.2) is 5.82 Å². The SMILES string of the molecule is CC.Cc1cc(F)c(-c2cnc(-c3cc(F)c(C#N)c(F)c3)nc2)c(F)c1. The molecule has 0 amide bonds. The Hall–Kier alpha value is -3.27. The van der Waals surface area contributed by atoms with Gasteiger partial charge in [-0.15, -0.1) is 0 Å². The van der Waals surface area contributed by atoms with Gasteiger partial charge in [-0.05, 0) is 36.8 Å². The fourth-order valence-electron chi connectivity index (χ4n) is 2.39. The Morgan fingerprint density at radius 2 is 1.26 bits per heavy atom. The predicted octanol–water partition coefficient (Wildman–Crippen LogP) is 5.57. The Labute approximate surface area is 154 Å². The third-order valence-electron chi connectivity index (χ3n) is 3.54. The molecule has 0 fully saturated rings. The van der Waals surface area contributed by atoms with Crippen LogP contribution in [-0.4, -0.2) is 9.97 Å². The van der Waals surface area contributed by atoms with Crippen LogP contribution in [0.5, 0.6) is 0 Å². The van der Waals surface area contributed by atoms with E-state index < -0.39 is 28.8 Å². The molecule has 3 rings (SSSR count). The van der Waals surface area contributed by atoms with Crippen molar-refractivity contribution in [3.8, 4) is 28.6 Å². The van der Waals surface area contributed by atoms with Gasteiger partial charge in [0, 0.05) is 23.5 Å². The van der Waals surface area contributed by atoms with E-state index in [1.807, 2.05) is 13.8 Å². The summed E-state index contributed by atoms with van der Waals surface area (Å²) in [6, 6.07) is 5.61. The van der Waals surface area contributed by atoms with Crippen LogP contribution >= 0.6 is 0 Å². The minimum Gasteiger partial charge on any atom is -0.236 e. The molecule has 1 heterocycles. The number of benzene rings is 2. The summed E-state index contributed by atoms with van der Waals surface area (Å²) in [5.41, 5.74) is -0.461. The zero-order valence-electron chi connectivity index (χ0n) is 14.8. The minimum absolute atomic E-state index is 0.00500. The molecule has 0 radical (unpaired) electrons. The zero-order chi connectivity index (χ0) is 20.1. The van der Waals surface area contributed by atoms with E-state index in [1.165, 1.54) is 18.2 Å². The number of hydrogen-bond donors (Lipinski definition) is 0. The van der Waals surface area contributed by atoms with Gasteiger partial charge in [0.1, 0.15) is 34.9 Å². The van der Waals surface area contributed by atoms with Gasteiger partial charge in [0.05, 0.1) is 5.56 Å². The maximum Gasteiger partial charge on any atom is 0.159 e. The fraction of sp³-hybridized carbons (Fsp3) is 0.150. The molecule has 0 N–H and O–H groups in total. The summed E-state index contributed by atoms with van der Waals surface area (Å²) in [6.45, 7) is 5.56. The van der Waals surface area contributed by atoms with Gasteiger partial charge in [-0.25, -0.2) is 27.5 Å². The van der Waals surface area contributed by atoms with Crippen LogP contribution in [0.1, 0.15) is 25.0 Å². The molecular weight excluding hydrogens is 358 g/mol. The van der Waals surface area contributed by atoms with E-state index in [0.29, 0.717) is 5.56 Å². The largest absolute Gasteiger partial charge is 0.236 e. The Kier molecular flexibility index (Phi) is 6.24. The van der Waals surface area contributed by atoms with Crippen molar-refractivity contribution < 1.29 is 17.6 Å². The van der Waals surface area contributed by atoms with E-state index in [4.69, 9.17) is 5.26 Å². The number of rotatable bonds is 2. The van der Waals surface area contributed by atoms with Crippen molar-refractivity contribution in [2.45, 2.75) is 20.8 Å². The van der Waals surface area contributed by atoms with Crippen molar-refractivity contribution in [1.29, 1.82) is 5.26 Å². The van der Waals surface area contributed by atoms with Crippen molar-refractivity contribution >= 4 is 0 Å². The molecule has 0 saturated carbocycles. The number of nitriles is 1. The second-order valence-corrected chi connectivity index (χ2v) is 5.33. The first-order valence-corrected chi connectivity index (χ1v) is 8.08. The molecule has 0 aliphatic rings. The molecule has 3 aromatic rings. The lowest BCUT2D eigenvalue weighted by molar-refractivity contribution is 0.577. The lowest BCUT2D eigenvalue weighted by Gasteiger charge is -2.07. The van der Waals surface area contributed by atoms with Crippen LogP contribution in [0.3, 0.4) is 0 Å². The third kappa shape index (κ3) is 4.11. The third-order valence-corrected chi connectivity index (χ3v) is 3.54. The lowest BCUT2D eigenvalue weighted by atomic mass is 10.1. The van der Waals surface area contributed by atoms with Gasteiger partial charge in [-0.2, -0.15) is 5.26 Å². The average molecular weight is 373 g/mol. The summed E-state index contributed by atoms with van der Waals surface area (Å²) < 4.78 is 55.3. The Morgan fingerprint density at radius 3 is 1.70 bits per heavy atom. The first kappa shape index (κ1) is 20.0. The molecule has 2 aromatic carbocycles. The predicted molar refractivity (Wildman–Crippen MR) is 93.5 cm³/mol. The highest BCUT2D eigenvalue weighted by Crippen LogP contribution is 2.28. The maximum atomic E-state index is 14.0. The summed E-state index contributed by atoms with van der Waals surface area (Å²) in [7, 11) is 0. The minimum atomic E-state index is -1.04. The molecule has 3 nitrogen and oxygen atoms in total. The van der Waals surface area contributed by atoms with Crippen LogP contribution in [0, 0.1) is 41.5 Å². The van der Waals surface area contributed by atoms with Crippen molar-refractivity contribution in [3.05, 3.63) is 71.1 Å². The topological polar surface area (TPSA) is 49.6 Å². The highest BCUT2D eigenvalue weighted by molar-refractivity contribution is 5.65. The van der Waals surface area contributed by atoms with Crippen LogP contribution in [0.4, 0.5) is 17.6 Å². The number of nitrogens with zero attached hydrogens (tertiary/aromatic N) is 3. The molecule has 0 spiro atoms. The molecule has 0 aliphatic heterocycles. The molecule has 0 bridgehead atoms. The van der Waals surface area contributed by atoms with E-state index in [9.17, 15) is 17.6 Å². The van der Waals surface area contributed by atoms with E-state index in [-0.39, 0.29) is 22.5 Å². The first-order valence-electron chi connectivity index (χ1n) is 8.08. The van der Waals surface area contributed by atoms with E-state index in [2.05, 4.69) is 9.97 Å². The quantitative estimate of drug-likeness (QED) is 0.552. The Bertz CT molecular complexity index is 963. The first-order chi connectivity index (χ1) is 12.9. The van der Waals surface area contributed by atoms with Crippen LogP contribution in [0.2, 0.25) is 0 Å². The summed E-state index contributed by atoms with van der Waals surface area (Å²) in [5, 5.41) is 8.66. The van der Waals surface area contributed by atoms with Gasteiger partial charge < -0.3 is 0 Å². The summed E-state index contributed by atoms with van der Waals surface area (Å²) in [4.78, 5) is 7.81.